The maximum Gasteiger partial charge on any atom is 0.408 e. The molecule has 1 aromatic carbocycles. The van der Waals surface area contributed by atoms with E-state index >= 15 is 0 Å². The van der Waals surface area contributed by atoms with Gasteiger partial charge in [0, 0.05) is 13.1 Å². The van der Waals surface area contributed by atoms with Gasteiger partial charge in [-0.3, -0.25) is 9.59 Å². The molecule has 0 heterocycles. The van der Waals surface area contributed by atoms with Crippen molar-refractivity contribution in [2.24, 2.45) is 5.92 Å². The maximum atomic E-state index is 14.3. The molecule has 38 heavy (non-hydrogen) atoms. The minimum absolute atomic E-state index is 0.139. The zero-order valence-corrected chi connectivity index (χ0v) is 25.2. The van der Waals surface area contributed by atoms with Gasteiger partial charge in [-0.25, -0.2) is 4.79 Å². The summed E-state index contributed by atoms with van der Waals surface area (Å²) in [6.07, 6.45) is 7.01. The van der Waals surface area contributed by atoms with E-state index < -0.39 is 23.8 Å². The number of rotatable bonds is 16. The van der Waals surface area contributed by atoms with E-state index in [4.69, 9.17) is 4.74 Å². The van der Waals surface area contributed by atoms with E-state index in [0.29, 0.717) is 19.5 Å². The predicted molar refractivity (Wildman–Crippen MR) is 155 cm³/mol. The molecule has 0 spiro atoms. The fourth-order valence-corrected chi connectivity index (χ4v) is 4.26. The predicted octanol–water partition coefficient (Wildman–Crippen LogP) is 6.69. The molecular weight excluding hydrogens is 478 g/mol. The number of nitrogens with zero attached hydrogens (tertiary/aromatic N) is 1. The summed E-state index contributed by atoms with van der Waals surface area (Å²) >= 11 is 0. The van der Waals surface area contributed by atoms with Crippen molar-refractivity contribution in [2.45, 2.75) is 124 Å². The smallest absolute Gasteiger partial charge is 0.408 e. The highest BCUT2D eigenvalue weighted by Crippen LogP contribution is 2.26. The highest BCUT2D eigenvalue weighted by Gasteiger charge is 2.37. The van der Waals surface area contributed by atoms with Crippen molar-refractivity contribution in [1.29, 1.82) is 0 Å². The van der Waals surface area contributed by atoms with Crippen molar-refractivity contribution in [1.82, 2.24) is 15.5 Å². The van der Waals surface area contributed by atoms with Gasteiger partial charge in [0.2, 0.25) is 11.8 Å². The Labute approximate surface area is 231 Å². The van der Waals surface area contributed by atoms with Gasteiger partial charge in [-0.2, -0.15) is 0 Å². The number of hydrogen-bond donors (Lipinski definition) is 2. The molecule has 0 aliphatic rings. The van der Waals surface area contributed by atoms with Crippen LogP contribution in [0, 0.1) is 12.8 Å². The zero-order chi connectivity index (χ0) is 28.7. The third-order valence-electron chi connectivity index (χ3n) is 6.72. The monoisotopic (exact) mass is 531 g/mol. The van der Waals surface area contributed by atoms with Gasteiger partial charge in [0.25, 0.3) is 0 Å². The van der Waals surface area contributed by atoms with E-state index in [1.165, 1.54) is 0 Å². The Hall–Kier alpha value is -2.57. The second kappa shape index (κ2) is 17.1. The lowest BCUT2D eigenvalue weighted by Gasteiger charge is -2.36. The molecule has 3 atom stereocenters. The maximum absolute atomic E-state index is 14.3. The third kappa shape index (κ3) is 11.9. The molecule has 0 saturated carbocycles. The largest absolute Gasteiger partial charge is 0.444 e. The Morgan fingerprint density at radius 1 is 0.921 bits per heavy atom. The number of carbonyl (C=O) groups is 3. The highest BCUT2D eigenvalue weighted by atomic mass is 16.6. The van der Waals surface area contributed by atoms with E-state index in [1.54, 1.807) is 25.7 Å². The molecule has 0 aromatic heterocycles. The molecule has 0 radical (unpaired) electrons. The molecule has 7 heteroatoms. The number of aryl methyl sites for hydroxylation is 1. The number of carbonyl (C=O) groups excluding carboxylic acids is 3. The summed E-state index contributed by atoms with van der Waals surface area (Å²) in [5.74, 6) is -0.583. The van der Waals surface area contributed by atoms with E-state index in [1.807, 2.05) is 45.0 Å². The lowest BCUT2D eigenvalue weighted by molar-refractivity contribution is -0.143. The average Bonchev–Trinajstić information content (AvgIpc) is 2.85. The Morgan fingerprint density at radius 2 is 1.53 bits per heavy atom. The molecule has 0 fully saturated rings. The van der Waals surface area contributed by atoms with E-state index in [9.17, 15) is 14.4 Å². The Balaban J connectivity index is 3.43. The summed E-state index contributed by atoms with van der Waals surface area (Å²) in [6, 6.07) is 6.21. The van der Waals surface area contributed by atoms with Crippen molar-refractivity contribution in [3.05, 3.63) is 35.4 Å². The highest BCUT2D eigenvalue weighted by molar-refractivity contribution is 5.92. The van der Waals surface area contributed by atoms with Gasteiger partial charge in [-0.15, -0.1) is 0 Å². The second-order valence-corrected chi connectivity index (χ2v) is 11.4. The second-order valence-electron chi connectivity index (χ2n) is 11.4. The quantitative estimate of drug-likeness (QED) is 0.233. The van der Waals surface area contributed by atoms with E-state index in [0.717, 1.165) is 56.1 Å². The molecule has 0 bridgehead atoms. The fourth-order valence-electron chi connectivity index (χ4n) is 4.26. The van der Waals surface area contributed by atoms with E-state index in [2.05, 4.69) is 24.5 Å². The van der Waals surface area contributed by atoms with Crippen LogP contribution in [0.15, 0.2) is 24.3 Å². The molecule has 1 aromatic rings. The minimum Gasteiger partial charge on any atom is -0.444 e. The van der Waals surface area contributed by atoms with Gasteiger partial charge in [0.1, 0.15) is 17.7 Å². The fraction of sp³-hybridized carbons (Fsp3) is 0.710. The molecule has 0 aliphatic heterocycles. The SMILES string of the molecule is CCCCCCCN(C(=O)C(NC(=O)OC(C)(C)C)C(C)CC)C(C(=O)NCCCC)c1ccc(C)cc1. The molecule has 216 valence electrons. The van der Waals surface area contributed by atoms with Gasteiger partial charge in [0.05, 0.1) is 0 Å². The van der Waals surface area contributed by atoms with Gasteiger partial charge in [-0.05, 0) is 52.0 Å². The van der Waals surface area contributed by atoms with Crippen molar-refractivity contribution in [3.63, 3.8) is 0 Å². The Kier molecular flexibility index (Phi) is 15.1. The zero-order valence-electron chi connectivity index (χ0n) is 25.2. The molecule has 3 amide bonds. The third-order valence-corrected chi connectivity index (χ3v) is 6.72. The van der Waals surface area contributed by atoms with Gasteiger partial charge in [0.15, 0.2) is 0 Å². The first-order valence-electron chi connectivity index (χ1n) is 14.6. The first-order valence-corrected chi connectivity index (χ1v) is 14.6. The van der Waals surface area contributed by atoms with Crippen LogP contribution in [-0.4, -0.2) is 47.5 Å². The number of ether oxygens (including phenoxy) is 1. The van der Waals surface area contributed by atoms with Gasteiger partial charge < -0.3 is 20.3 Å². The standard InChI is InChI=1S/C31H53N3O4/c1-9-12-14-15-16-22-34(29(36)26(24(5)11-3)33-30(37)38-31(6,7)8)27(28(35)32-21-13-10-2)25-19-17-23(4)18-20-25/h17-20,24,26-27H,9-16,21-22H2,1-8H3,(H,32,35)(H,33,37). The van der Waals surface area contributed by atoms with Crippen LogP contribution in [0.1, 0.15) is 117 Å². The molecular formula is C31H53N3O4. The summed E-state index contributed by atoms with van der Waals surface area (Å²) in [5, 5.41) is 5.89. The number of nitrogens with one attached hydrogen (secondary N) is 2. The van der Waals surface area contributed by atoms with Crippen LogP contribution >= 0.6 is 0 Å². The summed E-state index contributed by atoms with van der Waals surface area (Å²) < 4.78 is 5.49. The summed E-state index contributed by atoms with van der Waals surface area (Å²) in [6.45, 7) is 16.6. The molecule has 2 N–H and O–H groups in total. The van der Waals surface area contributed by atoms with Crippen molar-refractivity contribution >= 4 is 17.9 Å². The summed E-state index contributed by atoms with van der Waals surface area (Å²) in [4.78, 5) is 42.3. The summed E-state index contributed by atoms with van der Waals surface area (Å²) in [7, 11) is 0. The number of benzene rings is 1. The van der Waals surface area contributed by atoms with Crippen LogP contribution in [0.4, 0.5) is 4.79 Å². The Bertz CT molecular complexity index is 848. The van der Waals surface area contributed by atoms with Crippen LogP contribution in [0.25, 0.3) is 0 Å². The number of hydrogen-bond acceptors (Lipinski definition) is 4. The van der Waals surface area contributed by atoms with Gasteiger partial charge >= 0.3 is 6.09 Å². The number of unbranched alkanes of at least 4 members (excludes halogenated alkanes) is 5. The first kappa shape index (κ1) is 33.5. The number of amides is 3. The first-order chi connectivity index (χ1) is 17.9. The van der Waals surface area contributed by atoms with Crippen molar-refractivity contribution < 1.29 is 19.1 Å². The van der Waals surface area contributed by atoms with Crippen LogP contribution < -0.4 is 10.6 Å². The molecule has 3 unspecified atom stereocenters. The minimum atomic E-state index is -0.804. The Morgan fingerprint density at radius 3 is 2.08 bits per heavy atom. The average molecular weight is 532 g/mol. The lowest BCUT2D eigenvalue weighted by Crippen LogP contribution is -2.55. The number of alkyl carbamates (subject to hydrolysis) is 1. The topological polar surface area (TPSA) is 87.7 Å². The van der Waals surface area contributed by atoms with Crippen LogP contribution in [0.3, 0.4) is 0 Å². The van der Waals surface area contributed by atoms with Crippen LogP contribution in [0.2, 0.25) is 0 Å². The van der Waals surface area contributed by atoms with E-state index in [-0.39, 0.29) is 17.7 Å². The van der Waals surface area contributed by atoms with Crippen LogP contribution in [-0.2, 0) is 14.3 Å². The lowest BCUT2D eigenvalue weighted by atomic mass is 9.95. The molecule has 0 aliphatic carbocycles. The van der Waals surface area contributed by atoms with Gasteiger partial charge in [-0.1, -0.05) is 96.0 Å². The molecule has 1 rings (SSSR count). The van der Waals surface area contributed by atoms with Crippen molar-refractivity contribution in [2.75, 3.05) is 13.1 Å². The molecule has 7 nitrogen and oxygen atoms in total. The molecule has 0 saturated heterocycles. The summed E-state index contributed by atoms with van der Waals surface area (Å²) in [5.41, 5.74) is 1.17. The van der Waals surface area contributed by atoms with Crippen molar-refractivity contribution in [3.8, 4) is 0 Å². The van der Waals surface area contributed by atoms with Crippen LogP contribution in [0.5, 0.6) is 0 Å². The normalized spacial score (nSPS) is 13.8.